The lowest BCUT2D eigenvalue weighted by atomic mass is 10.2. The average molecular weight is 328 g/mol. The molecular formula is C14H11F3N2S2. The fourth-order valence-electron chi connectivity index (χ4n) is 2.02. The number of fused-ring (bicyclic) bond motifs is 1. The highest BCUT2D eigenvalue weighted by Crippen LogP contribution is 2.39. The second kappa shape index (κ2) is 4.99. The molecule has 0 spiro atoms. The molecule has 110 valence electrons. The van der Waals surface area contributed by atoms with E-state index in [1.54, 1.807) is 0 Å². The lowest BCUT2D eigenvalue weighted by Crippen LogP contribution is -2.03. The number of benzene rings is 1. The van der Waals surface area contributed by atoms with Crippen molar-refractivity contribution in [2.24, 2.45) is 0 Å². The molecule has 2 aromatic heterocycles. The van der Waals surface area contributed by atoms with E-state index in [1.165, 1.54) is 28.7 Å². The van der Waals surface area contributed by atoms with E-state index in [2.05, 4.69) is 4.98 Å². The highest BCUT2D eigenvalue weighted by Gasteiger charge is 2.30. The molecule has 2 nitrogen and oxygen atoms in total. The standard InChI is InChI=1S/C14H11F3N2S2/c1-2-8-6-9(12(18)20-8)13-19-10-5-7(14(15,16)17)3-4-11(10)21-13/h3-6H,2,18H2,1H3. The van der Waals surface area contributed by atoms with Gasteiger partial charge in [0.05, 0.1) is 20.8 Å². The molecular weight excluding hydrogens is 317 g/mol. The van der Waals surface area contributed by atoms with Crippen LogP contribution < -0.4 is 5.73 Å². The number of aryl methyl sites for hydroxylation is 1. The van der Waals surface area contributed by atoms with E-state index in [0.29, 0.717) is 15.5 Å². The van der Waals surface area contributed by atoms with Crippen LogP contribution in [0.4, 0.5) is 18.2 Å². The number of thiophene rings is 1. The Morgan fingerprint density at radius 1 is 1.19 bits per heavy atom. The number of nitrogens with two attached hydrogens (primary N) is 1. The number of hydrogen-bond acceptors (Lipinski definition) is 4. The van der Waals surface area contributed by atoms with E-state index in [9.17, 15) is 13.2 Å². The van der Waals surface area contributed by atoms with Crippen LogP contribution in [0.5, 0.6) is 0 Å². The number of halogens is 3. The molecule has 3 aromatic rings. The summed E-state index contributed by atoms with van der Waals surface area (Å²) in [5.41, 5.74) is 6.46. The zero-order chi connectivity index (χ0) is 15.2. The summed E-state index contributed by atoms with van der Waals surface area (Å²) in [6.07, 6.45) is -3.48. The molecule has 0 atom stereocenters. The molecule has 2 N–H and O–H groups in total. The van der Waals surface area contributed by atoms with Crippen molar-refractivity contribution in [2.45, 2.75) is 19.5 Å². The van der Waals surface area contributed by atoms with Crippen molar-refractivity contribution in [1.82, 2.24) is 4.98 Å². The molecule has 0 radical (unpaired) electrons. The monoisotopic (exact) mass is 328 g/mol. The molecule has 3 rings (SSSR count). The van der Waals surface area contributed by atoms with Gasteiger partial charge in [-0.1, -0.05) is 6.92 Å². The van der Waals surface area contributed by atoms with Gasteiger partial charge in [-0.25, -0.2) is 4.98 Å². The number of nitrogens with zero attached hydrogens (tertiary/aromatic N) is 1. The van der Waals surface area contributed by atoms with Gasteiger partial charge in [0.25, 0.3) is 0 Å². The Labute approximate surface area is 127 Å². The lowest BCUT2D eigenvalue weighted by Gasteiger charge is -2.04. The van der Waals surface area contributed by atoms with Gasteiger partial charge in [-0.15, -0.1) is 22.7 Å². The highest BCUT2D eigenvalue weighted by atomic mass is 32.1. The zero-order valence-corrected chi connectivity index (χ0v) is 12.6. The molecule has 0 saturated carbocycles. The van der Waals surface area contributed by atoms with Crippen LogP contribution in [0.2, 0.25) is 0 Å². The fraction of sp³-hybridized carbons (Fsp3) is 0.214. The molecule has 0 aliphatic carbocycles. The van der Waals surface area contributed by atoms with E-state index < -0.39 is 11.7 Å². The summed E-state index contributed by atoms with van der Waals surface area (Å²) in [6.45, 7) is 2.03. The summed E-state index contributed by atoms with van der Waals surface area (Å²) in [7, 11) is 0. The minimum atomic E-state index is -4.35. The van der Waals surface area contributed by atoms with Gasteiger partial charge in [0.1, 0.15) is 5.01 Å². The van der Waals surface area contributed by atoms with Crippen LogP contribution in [0.1, 0.15) is 17.4 Å². The van der Waals surface area contributed by atoms with Gasteiger partial charge < -0.3 is 5.73 Å². The Hall–Kier alpha value is -1.60. The SMILES string of the molecule is CCc1cc(-c2nc3cc(C(F)(F)F)ccc3s2)c(N)s1. The van der Waals surface area contributed by atoms with Crippen molar-refractivity contribution < 1.29 is 13.2 Å². The molecule has 0 unspecified atom stereocenters. The Balaban J connectivity index is 2.10. The van der Waals surface area contributed by atoms with Crippen molar-refractivity contribution in [3.63, 3.8) is 0 Å². The van der Waals surface area contributed by atoms with Gasteiger partial charge in [0.2, 0.25) is 0 Å². The van der Waals surface area contributed by atoms with E-state index >= 15 is 0 Å². The van der Waals surface area contributed by atoms with E-state index in [4.69, 9.17) is 5.73 Å². The third kappa shape index (κ3) is 2.63. The molecule has 7 heteroatoms. The van der Waals surface area contributed by atoms with Crippen molar-refractivity contribution in [2.75, 3.05) is 5.73 Å². The Bertz CT molecular complexity index is 802. The lowest BCUT2D eigenvalue weighted by molar-refractivity contribution is -0.137. The number of rotatable bonds is 2. The number of anilines is 1. The summed E-state index contributed by atoms with van der Waals surface area (Å²) in [5.74, 6) is 0. The summed E-state index contributed by atoms with van der Waals surface area (Å²) >= 11 is 2.85. The molecule has 2 heterocycles. The molecule has 21 heavy (non-hydrogen) atoms. The minimum Gasteiger partial charge on any atom is -0.390 e. The number of alkyl halides is 3. The van der Waals surface area contributed by atoms with E-state index in [1.807, 2.05) is 13.0 Å². The third-order valence-corrected chi connectivity index (χ3v) is 5.28. The van der Waals surface area contributed by atoms with Crippen molar-refractivity contribution in [1.29, 1.82) is 0 Å². The maximum Gasteiger partial charge on any atom is 0.416 e. The van der Waals surface area contributed by atoms with Gasteiger partial charge in [0.15, 0.2) is 0 Å². The van der Waals surface area contributed by atoms with Gasteiger partial charge >= 0.3 is 6.18 Å². The molecule has 0 bridgehead atoms. The normalized spacial score (nSPS) is 12.2. The number of thiazole rings is 1. The van der Waals surface area contributed by atoms with Gasteiger partial charge in [-0.3, -0.25) is 0 Å². The van der Waals surface area contributed by atoms with Gasteiger partial charge in [-0.05, 0) is 30.7 Å². The Morgan fingerprint density at radius 3 is 2.57 bits per heavy atom. The van der Waals surface area contributed by atoms with Crippen molar-refractivity contribution in [3.05, 3.63) is 34.7 Å². The molecule has 1 aromatic carbocycles. The Morgan fingerprint density at radius 2 is 1.95 bits per heavy atom. The topological polar surface area (TPSA) is 38.9 Å². The van der Waals surface area contributed by atoms with Crippen molar-refractivity contribution in [3.8, 4) is 10.6 Å². The summed E-state index contributed by atoms with van der Waals surface area (Å²) < 4.78 is 38.9. The quantitative estimate of drug-likeness (QED) is 0.703. The smallest absolute Gasteiger partial charge is 0.390 e. The van der Waals surface area contributed by atoms with Gasteiger partial charge in [-0.2, -0.15) is 13.2 Å². The van der Waals surface area contributed by atoms with Crippen LogP contribution in [-0.4, -0.2) is 4.98 Å². The van der Waals surface area contributed by atoms with E-state index in [0.717, 1.165) is 33.7 Å². The maximum absolute atomic E-state index is 12.7. The fourth-order valence-corrected chi connectivity index (χ4v) is 3.93. The molecule has 0 aliphatic heterocycles. The summed E-state index contributed by atoms with van der Waals surface area (Å²) in [4.78, 5) is 5.45. The second-order valence-corrected chi connectivity index (χ2v) is 6.74. The first-order valence-electron chi connectivity index (χ1n) is 6.25. The number of nitrogen functional groups attached to an aromatic ring is 1. The average Bonchev–Trinajstić information content (AvgIpc) is 2.99. The van der Waals surface area contributed by atoms with Crippen LogP contribution >= 0.6 is 22.7 Å². The predicted molar refractivity (Wildman–Crippen MR) is 81.7 cm³/mol. The van der Waals surface area contributed by atoms with Crippen LogP contribution in [0.25, 0.3) is 20.8 Å². The first-order chi connectivity index (χ1) is 9.88. The van der Waals surface area contributed by atoms with Crippen LogP contribution in [0.3, 0.4) is 0 Å². The van der Waals surface area contributed by atoms with E-state index in [-0.39, 0.29) is 0 Å². The Kier molecular flexibility index (Phi) is 3.41. The highest BCUT2D eigenvalue weighted by molar-refractivity contribution is 7.22. The van der Waals surface area contributed by atoms with Crippen molar-refractivity contribution >= 4 is 37.9 Å². The first kappa shape index (κ1) is 14.3. The summed E-state index contributed by atoms with van der Waals surface area (Å²) in [5, 5.41) is 1.32. The summed E-state index contributed by atoms with van der Waals surface area (Å²) in [6, 6.07) is 5.59. The van der Waals surface area contributed by atoms with Gasteiger partial charge in [0, 0.05) is 10.4 Å². The van der Waals surface area contributed by atoms with Crippen LogP contribution in [0.15, 0.2) is 24.3 Å². The zero-order valence-electron chi connectivity index (χ0n) is 11.0. The molecule has 0 aliphatic rings. The number of aromatic nitrogens is 1. The predicted octanol–water partition coefficient (Wildman–Crippen LogP) is 5.19. The second-order valence-electron chi connectivity index (χ2n) is 4.54. The van der Waals surface area contributed by atoms with Crippen LogP contribution in [0, 0.1) is 0 Å². The third-order valence-electron chi connectivity index (χ3n) is 3.11. The molecule has 0 amide bonds. The molecule has 0 saturated heterocycles. The largest absolute Gasteiger partial charge is 0.416 e. The first-order valence-corrected chi connectivity index (χ1v) is 7.88. The van der Waals surface area contributed by atoms with Crippen LogP contribution in [-0.2, 0) is 12.6 Å². The maximum atomic E-state index is 12.7. The minimum absolute atomic E-state index is 0.355. The number of hydrogen-bond donors (Lipinski definition) is 1. The molecule has 0 fully saturated rings.